The van der Waals surface area contributed by atoms with Crippen LogP contribution in [-0.4, -0.2) is 24.1 Å². The Labute approximate surface area is 174 Å². The highest BCUT2D eigenvalue weighted by Gasteiger charge is 2.18. The number of fused-ring (bicyclic) bond motifs is 1. The topological polar surface area (TPSA) is 64.8 Å². The predicted molar refractivity (Wildman–Crippen MR) is 118 cm³/mol. The molecule has 0 saturated heterocycles. The number of halogens is 1. The molecule has 0 aliphatic carbocycles. The summed E-state index contributed by atoms with van der Waals surface area (Å²) in [5, 5.41) is 12.5. The van der Waals surface area contributed by atoms with Gasteiger partial charge in [0.15, 0.2) is 0 Å². The number of hydrogen-bond acceptors (Lipinski definition) is 5. The van der Waals surface area contributed by atoms with Gasteiger partial charge in [-0.2, -0.15) is 5.26 Å². The van der Waals surface area contributed by atoms with Gasteiger partial charge in [-0.3, -0.25) is 0 Å². The number of aromatic nitrogens is 2. The second kappa shape index (κ2) is 7.45. The van der Waals surface area contributed by atoms with Crippen molar-refractivity contribution in [2.75, 3.05) is 24.3 Å². The number of rotatable bonds is 3. The van der Waals surface area contributed by atoms with Crippen LogP contribution >= 0.6 is 0 Å². The molecule has 148 valence electrons. The molecule has 4 rings (SSSR count). The van der Waals surface area contributed by atoms with Crippen molar-refractivity contribution in [3.8, 4) is 28.5 Å². The molecule has 0 atom stereocenters. The molecule has 0 fully saturated rings. The Morgan fingerprint density at radius 3 is 2.60 bits per heavy atom. The van der Waals surface area contributed by atoms with Gasteiger partial charge in [-0.15, -0.1) is 0 Å². The van der Waals surface area contributed by atoms with Crippen molar-refractivity contribution in [2.45, 2.75) is 6.92 Å². The molecule has 1 aliphatic rings. The van der Waals surface area contributed by atoms with E-state index in [2.05, 4.69) is 16.9 Å². The number of allylic oxidation sites excluding steroid dienone is 1. The van der Waals surface area contributed by atoms with Crippen LogP contribution in [0.15, 0.2) is 54.8 Å². The van der Waals surface area contributed by atoms with E-state index in [4.69, 9.17) is 4.98 Å². The third kappa shape index (κ3) is 3.53. The summed E-state index contributed by atoms with van der Waals surface area (Å²) in [6, 6.07) is 12.4. The number of nitrogens with one attached hydrogen (secondary N) is 1. The first-order valence-electron chi connectivity index (χ1n) is 9.41. The summed E-state index contributed by atoms with van der Waals surface area (Å²) < 4.78 is 13.9. The smallest absolute Gasteiger partial charge is 0.140 e. The van der Waals surface area contributed by atoms with Crippen molar-refractivity contribution >= 4 is 17.7 Å². The summed E-state index contributed by atoms with van der Waals surface area (Å²) in [5.41, 5.74) is 5.64. The van der Waals surface area contributed by atoms with E-state index in [0.717, 1.165) is 33.9 Å². The molecule has 0 spiro atoms. The first-order chi connectivity index (χ1) is 14.4. The van der Waals surface area contributed by atoms with Gasteiger partial charge in [0.25, 0.3) is 0 Å². The van der Waals surface area contributed by atoms with Crippen molar-refractivity contribution < 1.29 is 4.39 Å². The van der Waals surface area contributed by atoms with E-state index in [9.17, 15) is 9.65 Å². The maximum Gasteiger partial charge on any atom is 0.140 e. The van der Waals surface area contributed by atoms with Crippen LogP contribution < -0.4 is 10.2 Å². The van der Waals surface area contributed by atoms with Crippen LogP contribution in [-0.2, 0) is 0 Å². The molecule has 6 heteroatoms. The molecule has 1 N–H and O–H groups in total. The third-order valence-corrected chi connectivity index (χ3v) is 4.86. The third-order valence-electron chi connectivity index (χ3n) is 4.86. The van der Waals surface area contributed by atoms with Gasteiger partial charge in [-0.1, -0.05) is 6.58 Å². The zero-order chi connectivity index (χ0) is 21.4. The minimum atomic E-state index is -0.551. The molecule has 1 aromatic carbocycles. The Hall–Kier alpha value is -3.98. The van der Waals surface area contributed by atoms with E-state index in [1.165, 1.54) is 12.1 Å². The average Bonchev–Trinajstić information content (AvgIpc) is 2.72. The van der Waals surface area contributed by atoms with Gasteiger partial charge in [0.2, 0.25) is 0 Å². The number of nitrogens with zero attached hydrogens (tertiary/aromatic N) is 4. The van der Waals surface area contributed by atoms with Crippen molar-refractivity contribution in [2.24, 2.45) is 0 Å². The number of nitriles is 1. The molecule has 0 amide bonds. The molecular formula is C24H20FN5. The van der Waals surface area contributed by atoms with Gasteiger partial charge in [-0.05, 0) is 61.0 Å². The Morgan fingerprint density at radius 1 is 1.07 bits per heavy atom. The molecule has 30 heavy (non-hydrogen) atoms. The lowest BCUT2D eigenvalue weighted by molar-refractivity contribution is 0.624. The Morgan fingerprint density at radius 2 is 1.87 bits per heavy atom. The van der Waals surface area contributed by atoms with Crippen LogP contribution in [0.1, 0.15) is 16.8 Å². The number of anilines is 2. The number of hydrogen-bond donors (Lipinski definition) is 1. The van der Waals surface area contributed by atoms with Crippen molar-refractivity contribution in [3.05, 3.63) is 77.4 Å². The van der Waals surface area contributed by atoms with Gasteiger partial charge < -0.3 is 10.2 Å². The Kier molecular flexibility index (Phi) is 4.80. The fourth-order valence-corrected chi connectivity index (χ4v) is 3.37. The van der Waals surface area contributed by atoms with Gasteiger partial charge in [0, 0.05) is 42.2 Å². The molecule has 0 radical (unpaired) electrons. The summed E-state index contributed by atoms with van der Waals surface area (Å²) in [7, 11) is 3.88. The lowest BCUT2D eigenvalue weighted by atomic mass is 9.95. The summed E-state index contributed by atoms with van der Waals surface area (Å²) in [6.07, 6.45) is 3.85. The normalized spacial score (nSPS) is 12.2. The first-order valence-corrected chi connectivity index (χ1v) is 9.41. The van der Waals surface area contributed by atoms with Crippen molar-refractivity contribution in [3.63, 3.8) is 0 Å². The van der Waals surface area contributed by atoms with Crippen LogP contribution in [0.4, 0.5) is 16.0 Å². The zero-order valence-electron chi connectivity index (χ0n) is 17.0. The summed E-state index contributed by atoms with van der Waals surface area (Å²) >= 11 is 0. The van der Waals surface area contributed by atoms with Crippen LogP contribution in [0.3, 0.4) is 0 Å². The van der Waals surface area contributed by atoms with E-state index in [0.29, 0.717) is 17.1 Å². The van der Waals surface area contributed by atoms with Crippen molar-refractivity contribution in [1.29, 1.82) is 5.26 Å². The van der Waals surface area contributed by atoms with Gasteiger partial charge >= 0.3 is 0 Å². The second-order valence-corrected chi connectivity index (χ2v) is 7.36. The van der Waals surface area contributed by atoms with Gasteiger partial charge in [-0.25, -0.2) is 14.4 Å². The first kappa shape index (κ1) is 19.3. The molecule has 5 nitrogen and oxygen atoms in total. The van der Waals surface area contributed by atoms with Crippen molar-refractivity contribution in [1.82, 2.24) is 9.97 Å². The second-order valence-electron chi connectivity index (χ2n) is 7.36. The molecule has 3 aromatic rings. The minimum Gasteiger partial charge on any atom is -0.363 e. The van der Waals surface area contributed by atoms with Gasteiger partial charge in [0.1, 0.15) is 23.5 Å². The van der Waals surface area contributed by atoms with Crippen LogP contribution in [0, 0.1) is 24.1 Å². The molecule has 3 heterocycles. The van der Waals surface area contributed by atoms with Crippen LogP contribution in [0.5, 0.6) is 0 Å². The average molecular weight is 397 g/mol. The minimum absolute atomic E-state index is 0.0184. The van der Waals surface area contributed by atoms with E-state index in [-0.39, 0.29) is 5.56 Å². The van der Waals surface area contributed by atoms with Gasteiger partial charge in [0.05, 0.1) is 11.3 Å². The SMILES string of the molecule is C=C1C=Cc2cc(-c3cc(C)nc(N(C)C)c3)c(-c3ccc(F)c(C#N)c3)nc2N1. The fraction of sp³-hybridized carbons (Fsp3) is 0.125. The van der Waals surface area contributed by atoms with Crippen LogP contribution in [0.2, 0.25) is 0 Å². The lowest BCUT2D eigenvalue weighted by Crippen LogP contribution is -2.11. The maximum atomic E-state index is 13.9. The standard InChI is InChI=1S/C24H20FN5/c1-14-5-6-17-11-20(18-9-15(2)27-22(12-18)30(3)4)23(29-24(17)28-14)16-7-8-21(25)19(10-16)13-26/h5-12H,1H2,2-4H3,(H,28,29). The van der Waals surface area contributed by atoms with E-state index >= 15 is 0 Å². The highest BCUT2D eigenvalue weighted by atomic mass is 19.1. The molecule has 2 aromatic heterocycles. The highest BCUT2D eigenvalue weighted by Crippen LogP contribution is 2.37. The quantitative estimate of drug-likeness (QED) is 0.662. The number of pyridine rings is 2. The predicted octanol–water partition coefficient (Wildman–Crippen LogP) is 5.15. The molecule has 1 aliphatic heterocycles. The lowest BCUT2D eigenvalue weighted by Gasteiger charge is -2.20. The molecule has 0 saturated carbocycles. The fourth-order valence-electron chi connectivity index (χ4n) is 3.37. The summed E-state index contributed by atoms with van der Waals surface area (Å²) in [4.78, 5) is 11.3. The zero-order valence-corrected chi connectivity index (χ0v) is 17.0. The number of aryl methyl sites for hydroxylation is 1. The highest BCUT2D eigenvalue weighted by molar-refractivity contribution is 5.87. The summed E-state index contributed by atoms with van der Waals surface area (Å²) in [6.45, 7) is 5.88. The summed E-state index contributed by atoms with van der Waals surface area (Å²) in [5.74, 6) is 0.945. The molecule has 0 unspecified atom stereocenters. The Bertz CT molecular complexity index is 1250. The largest absolute Gasteiger partial charge is 0.363 e. The molecule has 0 bridgehead atoms. The van der Waals surface area contributed by atoms with E-state index in [1.807, 2.05) is 62.3 Å². The Balaban J connectivity index is 2.00. The maximum absolute atomic E-state index is 13.9. The molecular weight excluding hydrogens is 377 g/mol. The van der Waals surface area contributed by atoms with E-state index < -0.39 is 5.82 Å². The monoisotopic (exact) mass is 397 g/mol. The van der Waals surface area contributed by atoms with Crippen LogP contribution in [0.25, 0.3) is 28.5 Å². The van der Waals surface area contributed by atoms with E-state index in [1.54, 1.807) is 6.07 Å². The number of benzene rings is 1.